The highest BCUT2D eigenvalue weighted by atomic mass is 15.2. The summed E-state index contributed by atoms with van der Waals surface area (Å²) in [6, 6.07) is 2.42. The van der Waals surface area contributed by atoms with Crippen LogP contribution in [0.25, 0.3) is 0 Å². The topological polar surface area (TPSA) is 27.0 Å². The van der Waals surface area contributed by atoms with E-state index in [0.717, 1.165) is 24.9 Å². The minimum Gasteiger partial charge on any atom is -0.288 e. The van der Waals surface area contributed by atoms with E-state index >= 15 is 0 Å². The van der Waals surface area contributed by atoms with Crippen LogP contribution in [-0.4, -0.2) is 24.0 Å². The summed E-state index contributed by atoms with van der Waals surface area (Å²) in [5, 5.41) is 8.82. The molecule has 0 aliphatic carbocycles. The first-order valence-corrected chi connectivity index (χ1v) is 5.28. The molecular weight excluding hydrogens is 160 g/mol. The molecule has 0 aromatic heterocycles. The van der Waals surface area contributed by atoms with Gasteiger partial charge in [-0.3, -0.25) is 4.90 Å². The molecule has 2 atom stereocenters. The second-order valence-electron chi connectivity index (χ2n) is 4.45. The average molecular weight is 180 g/mol. The lowest BCUT2D eigenvalue weighted by atomic mass is 9.87. The van der Waals surface area contributed by atoms with Crippen molar-refractivity contribution in [3.63, 3.8) is 0 Å². The highest BCUT2D eigenvalue weighted by Crippen LogP contribution is 2.24. The van der Waals surface area contributed by atoms with Crippen LogP contribution in [0.4, 0.5) is 0 Å². The van der Waals surface area contributed by atoms with Gasteiger partial charge in [0.15, 0.2) is 0 Å². The van der Waals surface area contributed by atoms with Crippen LogP contribution >= 0.6 is 0 Å². The maximum Gasteiger partial charge on any atom is 0.0949 e. The Hall–Kier alpha value is -0.550. The molecule has 1 aliphatic heterocycles. The van der Waals surface area contributed by atoms with E-state index in [-0.39, 0.29) is 6.04 Å². The molecule has 0 bridgehead atoms. The van der Waals surface area contributed by atoms with Gasteiger partial charge in [-0.15, -0.1) is 0 Å². The lowest BCUT2D eigenvalue weighted by molar-refractivity contribution is 0.129. The third-order valence-electron chi connectivity index (χ3n) is 3.17. The van der Waals surface area contributed by atoms with Crippen molar-refractivity contribution in [1.82, 2.24) is 4.90 Å². The van der Waals surface area contributed by atoms with E-state index < -0.39 is 0 Å². The van der Waals surface area contributed by atoms with E-state index in [4.69, 9.17) is 5.26 Å². The Morgan fingerprint density at radius 3 is 2.62 bits per heavy atom. The molecule has 0 N–H and O–H groups in total. The fourth-order valence-electron chi connectivity index (χ4n) is 2.02. The lowest BCUT2D eigenvalue weighted by Gasteiger charge is -2.36. The Kier molecular flexibility index (Phi) is 3.74. The first-order chi connectivity index (χ1) is 6.15. The average Bonchev–Trinajstić information content (AvgIpc) is 2.17. The van der Waals surface area contributed by atoms with Gasteiger partial charge in [0.25, 0.3) is 0 Å². The predicted molar refractivity (Wildman–Crippen MR) is 54.2 cm³/mol. The minimum atomic E-state index is 0.0987. The van der Waals surface area contributed by atoms with E-state index in [1.807, 2.05) is 6.92 Å². The van der Waals surface area contributed by atoms with Crippen molar-refractivity contribution in [2.24, 2.45) is 11.8 Å². The molecule has 13 heavy (non-hydrogen) atoms. The molecule has 74 valence electrons. The highest BCUT2D eigenvalue weighted by molar-refractivity contribution is 4.90. The van der Waals surface area contributed by atoms with Crippen LogP contribution in [-0.2, 0) is 0 Å². The zero-order valence-electron chi connectivity index (χ0n) is 8.95. The number of hydrogen-bond donors (Lipinski definition) is 0. The zero-order chi connectivity index (χ0) is 9.84. The fourth-order valence-corrected chi connectivity index (χ4v) is 2.02. The molecule has 1 fully saturated rings. The quantitative estimate of drug-likeness (QED) is 0.652. The number of rotatable bonds is 2. The number of likely N-dealkylation sites (tertiary alicyclic amines) is 1. The maximum absolute atomic E-state index is 8.82. The van der Waals surface area contributed by atoms with Gasteiger partial charge in [-0.2, -0.15) is 5.26 Å². The van der Waals surface area contributed by atoms with Crippen molar-refractivity contribution >= 4 is 0 Å². The van der Waals surface area contributed by atoms with E-state index in [1.165, 1.54) is 12.8 Å². The summed E-state index contributed by atoms with van der Waals surface area (Å²) < 4.78 is 0. The van der Waals surface area contributed by atoms with Crippen LogP contribution in [0.15, 0.2) is 0 Å². The summed E-state index contributed by atoms with van der Waals surface area (Å²) in [4.78, 5) is 2.31. The molecule has 2 unspecified atom stereocenters. The summed E-state index contributed by atoms with van der Waals surface area (Å²) in [6.45, 7) is 8.80. The molecule has 0 radical (unpaired) electrons. The SMILES string of the molecule is CC(C)C1CCCN(C(C)C#N)C1. The molecule has 0 amide bonds. The lowest BCUT2D eigenvalue weighted by Crippen LogP contribution is -2.42. The second kappa shape index (κ2) is 4.62. The van der Waals surface area contributed by atoms with Crippen LogP contribution in [0.5, 0.6) is 0 Å². The Balaban J connectivity index is 2.47. The summed E-state index contributed by atoms with van der Waals surface area (Å²) in [5.41, 5.74) is 0. The molecule has 1 heterocycles. The molecule has 0 aromatic rings. The molecule has 2 nitrogen and oxygen atoms in total. The number of nitriles is 1. The van der Waals surface area contributed by atoms with Gasteiger partial charge in [-0.1, -0.05) is 13.8 Å². The largest absolute Gasteiger partial charge is 0.288 e. The van der Waals surface area contributed by atoms with Crippen molar-refractivity contribution in [1.29, 1.82) is 5.26 Å². The van der Waals surface area contributed by atoms with Crippen molar-refractivity contribution in [3.05, 3.63) is 0 Å². The maximum atomic E-state index is 8.82. The third-order valence-corrected chi connectivity index (χ3v) is 3.17. The van der Waals surface area contributed by atoms with Gasteiger partial charge in [0.05, 0.1) is 12.1 Å². The first kappa shape index (κ1) is 10.5. The van der Waals surface area contributed by atoms with Gasteiger partial charge in [0, 0.05) is 6.54 Å². The van der Waals surface area contributed by atoms with E-state index in [9.17, 15) is 0 Å². The summed E-state index contributed by atoms with van der Waals surface area (Å²) in [5.74, 6) is 1.55. The molecule has 0 spiro atoms. The molecule has 2 heteroatoms. The fraction of sp³-hybridized carbons (Fsp3) is 0.909. The van der Waals surface area contributed by atoms with Gasteiger partial charge < -0.3 is 0 Å². The predicted octanol–water partition coefficient (Wildman–Crippen LogP) is 2.27. The second-order valence-corrected chi connectivity index (χ2v) is 4.45. The highest BCUT2D eigenvalue weighted by Gasteiger charge is 2.24. The molecule has 0 saturated carbocycles. The van der Waals surface area contributed by atoms with Crippen LogP contribution in [0, 0.1) is 23.2 Å². The van der Waals surface area contributed by atoms with E-state index in [0.29, 0.717) is 0 Å². The first-order valence-electron chi connectivity index (χ1n) is 5.28. The summed E-state index contributed by atoms with van der Waals surface area (Å²) in [6.07, 6.45) is 2.60. The minimum absolute atomic E-state index is 0.0987. The molecule has 0 aromatic carbocycles. The van der Waals surface area contributed by atoms with Gasteiger partial charge in [0.2, 0.25) is 0 Å². The van der Waals surface area contributed by atoms with Gasteiger partial charge in [0.1, 0.15) is 0 Å². The van der Waals surface area contributed by atoms with Crippen LogP contribution in [0.2, 0.25) is 0 Å². The van der Waals surface area contributed by atoms with Crippen molar-refractivity contribution in [2.45, 2.75) is 39.7 Å². The third kappa shape index (κ3) is 2.70. The van der Waals surface area contributed by atoms with E-state index in [2.05, 4.69) is 24.8 Å². The van der Waals surface area contributed by atoms with Gasteiger partial charge in [-0.05, 0) is 38.1 Å². The molecule has 1 rings (SSSR count). The monoisotopic (exact) mass is 180 g/mol. The standard InChI is InChI=1S/C11H20N2/c1-9(2)11-5-4-6-13(8-11)10(3)7-12/h9-11H,4-6,8H2,1-3H3. The van der Waals surface area contributed by atoms with Crippen molar-refractivity contribution in [2.75, 3.05) is 13.1 Å². The van der Waals surface area contributed by atoms with Crippen LogP contribution < -0.4 is 0 Å². The van der Waals surface area contributed by atoms with E-state index in [1.54, 1.807) is 0 Å². The smallest absolute Gasteiger partial charge is 0.0949 e. The number of nitrogens with zero attached hydrogens (tertiary/aromatic N) is 2. The van der Waals surface area contributed by atoms with Gasteiger partial charge in [-0.25, -0.2) is 0 Å². The molecular formula is C11H20N2. The summed E-state index contributed by atoms with van der Waals surface area (Å²) >= 11 is 0. The Labute approximate surface area is 81.5 Å². The number of hydrogen-bond acceptors (Lipinski definition) is 2. The van der Waals surface area contributed by atoms with Crippen LogP contribution in [0.3, 0.4) is 0 Å². The normalized spacial score (nSPS) is 27.2. The van der Waals surface area contributed by atoms with Crippen molar-refractivity contribution < 1.29 is 0 Å². The molecule has 1 aliphatic rings. The van der Waals surface area contributed by atoms with Gasteiger partial charge >= 0.3 is 0 Å². The Bertz CT molecular complexity index is 193. The Morgan fingerprint density at radius 2 is 2.08 bits per heavy atom. The zero-order valence-corrected chi connectivity index (χ0v) is 8.95. The summed E-state index contributed by atoms with van der Waals surface area (Å²) in [7, 11) is 0. The van der Waals surface area contributed by atoms with Crippen molar-refractivity contribution in [3.8, 4) is 6.07 Å². The number of piperidine rings is 1. The van der Waals surface area contributed by atoms with Crippen LogP contribution in [0.1, 0.15) is 33.6 Å². The Morgan fingerprint density at radius 1 is 1.38 bits per heavy atom. The molecule has 1 saturated heterocycles.